The highest BCUT2D eigenvalue weighted by Crippen LogP contribution is 2.27. The minimum atomic E-state index is -0.213. The van der Waals surface area contributed by atoms with Gasteiger partial charge in [0.25, 0.3) is 0 Å². The Hall–Kier alpha value is -4.28. The lowest BCUT2D eigenvalue weighted by Crippen LogP contribution is -2.08. The Kier molecular flexibility index (Phi) is 6.75. The smallest absolute Gasteiger partial charge is 0.161 e. The van der Waals surface area contributed by atoms with Gasteiger partial charge in [-0.3, -0.25) is 5.01 Å². The Balaban J connectivity index is 2.22. The monoisotopic (exact) mass is 371 g/mol. The Morgan fingerprint density at radius 3 is 2.11 bits per heavy atom. The Morgan fingerprint density at radius 1 is 0.929 bits per heavy atom. The van der Waals surface area contributed by atoms with Crippen LogP contribution in [-0.4, -0.2) is 27.5 Å². The molecule has 0 N–H and O–H groups in total. The van der Waals surface area contributed by atoms with Crippen molar-refractivity contribution < 1.29 is 9.47 Å². The molecule has 0 unspecified atom stereocenters. The molecule has 2 rings (SSSR count). The van der Waals surface area contributed by atoms with Crippen molar-refractivity contribution in [1.82, 2.24) is 0 Å². The quantitative estimate of drug-likeness (QED) is 0.437. The van der Waals surface area contributed by atoms with Crippen LogP contribution >= 0.6 is 0 Å². The van der Waals surface area contributed by atoms with Gasteiger partial charge < -0.3 is 9.47 Å². The first-order chi connectivity index (χ1) is 13.6. The van der Waals surface area contributed by atoms with Gasteiger partial charge in [-0.1, -0.05) is 12.1 Å². The fourth-order valence-corrected chi connectivity index (χ4v) is 2.40. The van der Waals surface area contributed by atoms with Crippen LogP contribution in [0.25, 0.3) is 5.57 Å². The summed E-state index contributed by atoms with van der Waals surface area (Å²) < 4.78 is 10.5. The van der Waals surface area contributed by atoms with Gasteiger partial charge in [0.15, 0.2) is 11.5 Å². The fraction of sp³-hybridized carbons (Fsp3) is 0.143. The summed E-state index contributed by atoms with van der Waals surface area (Å²) in [4.78, 5) is 0. The molecule has 0 bridgehead atoms. The molecule has 2 aromatic rings. The number of rotatable bonds is 6. The molecular formula is C21H17N5O2. The van der Waals surface area contributed by atoms with Crippen LogP contribution in [0.4, 0.5) is 5.69 Å². The van der Waals surface area contributed by atoms with Gasteiger partial charge in [-0.15, -0.1) is 0 Å². The molecule has 138 valence electrons. The van der Waals surface area contributed by atoms with Gasteiger partial charge >= 0.3 is 0 Å². The van der Waals surface area contributed by atoms with E-state index in [0.717, 1.165) is 11.3 Å². The van der Waals surface area contributed by atoms with Crippen LogP contribution in [-0.2, 0) is 0 Å². The van der Waals surface area contributed by atoms with Gasteiger partial charge in [0.2, 0.25) is 0 Å². The number of benzene rings is 2. The number of methoxy groups -OCH3 is 2. The molecule has 0 saturated heterocycles. The fourth-order valence-electron chi connectivity index (χ4n) is 2.40. The molecule has 0 spiro atoms. The number of allylic oxidation sites excluding steroid dienone is 2. The third kappa shape index (κ3) is 4.46. The van der Waals surface area contributed by atoms with Crippen molar-refractivity contribution in [1.29, 1.82) is 15.8 Å². The average molecular weight is 371 g/mol. The molecule has 0 amide bonds. The molecule has 0 saturated carbocycles. The topological polar surface area (TPSA) is 105 Å². The van der Waals surface area contributed by atoms with Gasteiger partial charge in [-0.2, -0.15) is 20.9 Å². The second-order valence-corrected chi connectivity index (χ2v) is 5.51. The van der Waals surface area contributed by atoms with Gasteiger partial charge in [-0.25, -0.2) is 0 Å². The lowest BCUT2D eigenvalue weighted by atomic mass is 10.0. The van der Waals surface area contributed by atoms with Crippen molar-refractivity contribution in [3.63, 3.8) is 0 Å². The summed E-state index contributed by atoms with van der Waals surface area (Å²) >= 11 is 0. The lowest BCUT2D eigenvalue weighted by Gasteiger charge is -2.13. The molecule has 0 atom stereocenters. The largest absolute Gasteiger partial charge is 0.493 e. The highest BCUT2D eigenvalue weighted by Gasteiger charge is 2.09. The summed E-state index contributed by atoms with van der Waals surface area (Å²) in [7, 11) is 4.93. The van der Waals surface area contributed by atoms with Crippen molar-refractivity contribution in [3.8, 4) is 29.7 Å². The predicted molar refractivity (Wildman–Crippen MR) is 106 cm³/mol. The molecule has 7 nitrogen and oxygen atoms in total. The van der Waals surface area contributed by atoms with Crippen LogP contribution in [0.3, 0.4) is 0 Å². The summed E-state index contributed by atoms with van der Waals surface area (Å²) in [5, 5.41) is 33.2. The summed E-state index contributed by atoms with van der Waals surface area (Å²) in [6.45, 7) is 0. The first-order valence-electron chi connectivity index (χ1n) is 8.12. The highest BCUT2D eigenvalue weighted by molar-refractivity contribution is 5.85. The molecule has 0 aliphatic heterocycles. The van der Waals surface area contributed by atoms with Crippen LogP contribution < -0.4 is 14.5 Å². The van der Waals surface area contributed by atoms with Crippen molar-refractivity contribution in [2.24, 2.45) is 5.10 Å². The minimum absolute atomic E-state index is 0.0491. The zero-order chi connectivity index (χ0) is 20.5. The number of hydrazone groups is 1. The first-order valence-corrected chi connectivity index (χ1v) is 8.12. The van der Waals surface area contributed by atoms with Crippen LogP contribution in [0.2, 0.25) is 0 Å². The van der Waals surface area contributed by atoms with E-state index < -0.39 is 0 Å². The molecular weight excluding hydrogens is 354 g/mol. The molecule has 0 heterocycles. The second kappa shape index (κ2) is 9.43. The maximum absolute atomic E-state index is 9.22. The maximum atomic E-state index is 9.22. The molecule has 0 aromatic heterocycles. The van der Waals surface area contributed by atoms with Crippen molar-refractivity contribution in [2.75, 3.05) is 26.3 Å². The average Bonchev–Trinajstić information content (AvgIpc) is 2.75. The van der Waals surface area contributed by atoms with Gasteiger partial charge in [0.05, 0.1) is 31.7 Å². The van der Waals surface area contributed by atoms with Gasteiger partial charge in [0.1, 0.15) is 23.8 Å². The molecule has 0 radical (unpaired) electrons. The summed E-state index contributed by atoms with van der Waals surface area (Å²) in [6, 6.07) is 17.7. The summed E-state index contributed by atoms with van der Waals surface area (Å²) in [5.74, 6) is 1.25. The van der Waals surface area contributed by atoms with E-state index in [4.69, 9.17) is 20.0 Å². The molecule has 0 fully saturated rings. The van der Waals surface area contributed by atoms with Crippen molar-refractivity contribution in [3.05, 3.63) is 59.2 Å². The molecule has 7 heteroatoms. The Labute approximate surface area is 163 Å². The molecule has 0 aliphatic carbocycles. The minimum Gasteiger partial charge on any atom is -0.493 e. The lowest BCUT2D eigenvalue weighted by molar-refractivity contribution is 0.355. The van der Waals surface area contributed by atoms with E-state index in [1.165, 1.54) is 0 Å². The van der Waals surface area contributed by atoms with E-state index in [1.807, 2.05) is 18.2 Å². The van der Waals surface area contributed by atoms with Crippen LogP contribution in [0.15, 0.2) is 53.1 Å². The highest BCUT2D eigenvalue weighted by atomic mass is 16.5. The summed E-state index contributed by atoms with van der Waals surface area (Å²) in [6.07, 6.45) is 1.68. The number of nitrogens with zero attached hydrogens (tertiary/aromatic N) is 5. The summed E-state index contributed by atoms with van der Waals surface area (Å²) in [5.41, 5.74) is 1.95. The molecule has 0 aliphatic rings. The Morgan fingerprint density at radius 2 is 1.57 bits per heavy atom. The van der Waals surface area contributed by atoms with E-state index >= 15 is 0 Å². The van der Waals surface area contributed by atoms with Crippen LogP contribution in [0.5, 0.6) is 11.5 Å². The number of hydrogen-bond donors (Lipinski definition) is 0. The number of nitriles is 3. The van der Waals surface area contributed by atoms with E-state index in [0.29, 0.717) is 17.1 Å². The standard InChI is InChI=1S/C21H17N5O2/c1-26(25-14-15-4-9-20(27-2)21(10-15)28-3)18-7-5-16(6-8-18)19(13-24)17(11-22)12-23/h4-10,14H,1-3H3/b25-14+. The first kappa shape index (κ1) is 20.0. The molecule has 2 aromatic carbocycles. The number of ether oxygens (including phenoxy) is 2. The SMILES string of the molecule is COc1ccc(/C=N/N(C)c2ccc(C(C#N)=C(C#N)C#N)cc2)cc1OC. The van der Waals surface area contributed by atoms with Crippen LogP contribution in [0, 0.1) is 34.0 Å². The van der Waals surface area contributed by atoms with Crippen molar-refractivity contribution in [2.45, 2.75) is 0 Å². The van der Waals surface area contributed by atoms with Gasteiger partial charge in [0, 0.05) is 7.05 Å². The van der Waals surface area contributed by atoms with Crippen molar-refractivity contribution >= 4 is 17.5 Å². The van der Waals surface area contributed by atoms with Crippen LogP contribution in [0.1, 0.15) is 11.1 Å². The van der Waals surface area contributed by atoms with E-state index in [1.54, 1.807) is 75.0 Å². The number of hydrogen-bond acceptors (Lipinski definition) is 7. The maximum Gasteiger partial charge on any atom is 0.161 e. The normalized spacial score (nSPS) is 9.71. The number of anilines is 1. The van der Waals surface area contributed by atoms with E-state index in [-0.39, 0.29) is 11.1 Å². The van der Waals surface area contributed by atoms with E-state index in [9.17, 15) is 5.26 Å². The third-order valence-electron chi connectivity index (χ3n) is 3.90. The zero-order valence-corrected chi connectivity index (χ0v) is 15.7. The third-order valence-corrected chi connectivity index (χ3v) is 3.90. The Bertz CT molecular complexity index is 1020. The zero-order valence-electron chi connectivity index (χ0n) is 15.7. The van der Waals surface area contributed by atoms with E-state index in [2.05, 4.69) is 5.10 Å². The predicted octanol–water partition coefficient (Wildman–Crippen LogP) is 3.50. The van der Waals surface area contributed by atoms with Gasteiger partial charge in [-0.05, 0) is 41.5 Å². The molecule has 28 heavy (non-hydrogen) atoms. The second-order valence-electron chi connectivity index (χ2n) is 5.51.